The van der Waals surface area contributed by atoms with Crippen molar-refractivity contribution in [3.05, 3.63) is 22.4 Å². The first-order valence-corrected chi connectivity index (χ1v) is 8.15. The molecule has 1 N–H and O–H groups in total. The number of hydrogen-bond acceptors (Lipinski definition) is 3. The third-order valence-corrected chi connectivity index (χ3v) is 4.89. The molecule has 20 heavy (non-hydrogen) atoms. The second-order valence-electron chi connectivity index (χ2n) is 5.97. The summed E-state index contributed by atoms with van der Waals surface area (Å²) in [6.45, 7) is 5.71. The molecule has 1 aromatic rings. The molecule has 112 valence electrons. The van der Waals surface area contributed by atoms with Crippen LogP contribution in [0.3, 0.4) is 0 Å². The fourth-order valence-corrected chi connectivity index (χ4v) is 3.49. The lowest BCUT2D eigenvalue weighted by atomic mass is 10.1. The molecule has 5 heteroatoms. The number of nitrogens with zero attached hydrogens (tertiary/aromatic N) is 2. The molecular formula is C15H25N3OS. The highest BCUT2D eigenvalue weighted by Crippen LogP contribution is 2.20. The summed E-state index contributed by atoms with van der Waals surface area (Å²) in [5, 5.41) is 5.15. The maximum Gasteiger partial charge on any atom is 0.317 e. The molecule has 1 aliphatic heterocycles. The fraction of sp³-hybridized carbons (Fsp3) is 0.667. The van der Waals surface area contributed by atoms with Crippen LogP contribution in [0.25, 0.3) is 0 Å². The maximum absolute atomic E-state index is 12.2. The van der Waals surface area contributed by atoms with E-state index in [-0.39, 0.29) is 6.03 Å². The lowest BCUT2D eigenvalue weighted by Gasteiger charge is -2.20. The van der Waals surface area contributed by atoms with Crippen LogP contribution in [0.2, 0.25) is 0 Å². The van der Waals surface area contributed by atoms with Crippen molar-refractivity contribution < 1.29 is 4.79 Å². The van der Waals surface area contributed by atoms with Gasteiger partial charge in [0.05, 0.1) is 0 Å². The zero-order valence-corrected chi connectivity index (χ0v) is 13.4. The quantitative estimate of drug-likeness (QED) is 0.905. The van der Waals surface area contributed by atoms with Crippen LogP contribution < -0.4 is 5.32 Å². The Hall–Kier alpha value is -1.07. The minimum absolute atomic E-state index is 0.0923. The van der Waals surface area contributed by atoms with Crippen LogP contribution in [-0.2, 0) is 0 Å². The molecule has 0 aliphatic carbocycles. The lowest BCUT2D eigenvalue weighted by Crippen LogP contribution is -2.40. The average Bonchev–Trinajstić information content (AvgIpc) is 3.05. The molecule has 0 saturated carbocycles. The molecule has 1 aliphatic rings. The van der Waals surface area contributed by atoms with E-state index in [0.29, 0.717) is 18.4 Å². The van der Waals surface area contributed by atoms with E-state index in [1.54, 1.807) is 11.3 Å². The monoisotopic (exact) mass is 295 g/mol. The molecule has 0 aromatic carbocycles. The molecule has 2 rings (SSSR count). The van der Waals surface area contributed by atoms with Crippen LogP contribution in [-0.4, -0.2) is 56.1 Å². The normalized spacial score (nSPS) is 20.4. The van der Waals surface area contributed by atoms with E-state index in [4.69, 9.17) is 0 Å². The highest BCUT2D eigenvalue weighted by Gasteiger charge is 2.26. The van der Waals surface area contributed by atoms with Gasteiger partial charge in [-0.25, -0.2) is 4.79 Å². The molecule has 2 atom stereocenters. The van der Waals surface area contributed by atoms with Crippen molar-refractivity contribution in [3.63, 3.8) is 0 Å². The van der Waals surface area contributed by atoms with Crippen LogP contribution >= 0.6 is 11.3 Å². The van der Waals surface area contributed by atoms with Crippen molar-refractivity contribution >= 4 is 17.4 Å². The Morgan fingerprint density at radius 3 is 3.05 bits per heavy atom. The molecule has 0 radical (unpaired) electrons. The minimum Gasteiger partial charge on any atom is -0.337 e. The molecule has 0 spiro atoms. The number of amides is 2. The zero-order chi connectivity index (χ0) is 14.5. The summed E-state index contributed by atoms with van der Waals surface area (Å²) in [5.74, 6) is 1.00. The van der Waals surface area contributed by atoms with Crippen LogP contribution in [0.1, 0.15) is 24.1 Å². The minimum atomic E-state index is 0.0923. The van der Waals surface area contributed by atoms with E-state index in [9.17, 15) is 4.79 Å². The number of hydrogen-bond donors (Lipinski definition) is 1. The number of nitrogens with one attached hydrogen (secondary N) is 1. The van der Waals surface area contributed by atoms with E-state index in [0.717, 1.165) is 26.1 Å². The van der Waals surface area contributed by atoms with E-state index in [2.05, 4.69) is 48.7 Å². The molecule has 4 nitrogen and oxygen atoms in total. The molecule has 2 heterocycles. The van der Waals surface area contributed by atoms with Gasteiger partial charge in [-0.05, 0) is 37.9 Å². The van der Waals surface area contributed by atoms with Gasteiger partial charge in [0.15, 0.2) is 0 Å². The Kier molecular flexibility index (Phi) is 5.43. The van der Waals surface area contributed by atoms with Crippen LogP contribution in [0, 0.1) is 5.92 Å². The standard InChI is InChI=1S/C15H25N3OS/c1-12(14-5-4-8-20-14)9-16-15(19)18-7-6-13(11-18)10-17(2)3/h4-5,8,12-13H,6-7,9-11H2,1-3H3,(H,16,19)/t12-,13+/m0/s1. The Morgan fingerprint density at radius 1 is 1.60 bits per heavy atom. The first-order chi connectivity index (χ1) is 9.56. The smallest absolute Gasteiger partial charge is 0.317 e. The molecule has 0 bridgehead atoms. The maximum atomic E-state index is 12.2. The molecule has 0 unspecified atom stereocenters. The second kappa shape index (κ2) is 7.09. The molecule has 1 fully saturated rings. The average molecular weight is 295 g/mol. The number of carbonyl (C=O) groups excluding carboxylic acids is 1. The van der Waals surface area contributed by atoms with Crippen molar-refractivity contribution in [2.75, 3.05) is 40.3 Å². The van der Waals surface area contributed by atoms with Gasteiger partial charge in [-0.3, -0.25) is 0 Å². The molecule has 1 saturated heterocycles. The van der Waals surface area contributed by atoms with Crippen LogP contribution in [0.15, 0.2) is 17.5 Å². The van der Waals surface area contributed by atoms with Gasteiger partial charge in [-0.15, -0.1) is 11.3 Å². The predicted octanol–water partition coefficient (Wildman–Crippen LogP) is 2.44. The van der Waals surface area contributed by atoms with Crippen molar-refractivity contribution in [3.8, 4) is 0 Å². The summed E-state index contributed by atoms with van der Waals surface area (Å²) in [4.78, 5) is 17.6. The van der Waals surface area contributed by atoms with Gasteiger partial charge >= 0.3 is 6.03 Å². The SMILES string of the molecule is C[C@@H](CNC(=O)N1CC[C@H](CN(C)C)C1)c1cccs1. The number of thiophene rings is 1. The highest BCUT2D eigenvalue weighted by molar-refractivity contribution is 7.10. The summed E-state index contributed by atoms with van der Waals surface area (Å²) >= 11 is 1.75. The Balaban J connectivity index is 1.73. The summed E-state index contributed by atoms with van der Waals surface area (Å²) < 4.78 is 0. The fourth-order valence-electron chi connectivity index (χ4n) is 2.71. The van der Waals surface area contributed by atoms with E-state index < -0.39 is 0 Å². The topological polar surface area (TPSA) is 35.6 Å². The summed E-state index contributed by atoms with van der Waals surface area (Å²) in [6, 6.07) is 4.28. The van der Waals surface area contributed by atoms with E-state index in [1.807, 2.05) is 4.90 Å². The van der Waals surface area contributed by atoms with Gasteiger partial charge in [-0.1, -0.05) is 13.0 Å². The second-order valence-corrected chi connectivity index (χ2v) is 6.94. The lowest BCUT2D eigenvalue weighted by molar-refractivity contribution is 0.205. The third-order valence-electron chi connectivity index (χ3n) is 3.78. The first kappa shape index (κ1) is 15.3. The van der Waals surface area contributed by atoms with Gasteiger partial charge in [-0.2, -0.15) is 0 Å². The first-order valence-electron chi connectivity index (χ1n) is 7.27. The number of likely N-dealkylation sites (tertiary alicyclic amines) is 1. The van der Waals surface area contributed by atoms with E-state index >= 15 is 0 Å². The molecule has 2 amide bonds. The van der Waals surface area contributed by atoms with Gasteiger partial charge in [0.25, 0.3) is 0 Å². The van der Waals surface area contributed by atoms with Gasteiger partial charge in [0, 0.05) is 37.0 Å². The largest absolute Gasteiger partial charge is 0.337 e. The molecular weight excluding hydrogens is 270 g/mol. The molecule has 1 aromatic heterocycles. The Bertz CT molecular complexity index is 419. The number of urea groups is 1. The summed E-state index contributed by atoms with van der Waals surface area (Å²) in [5.41, 5.74) is 0. The van der Waals surface area contributed by atoms with Crippen molar-refractivity contribution in [1.29, 1.82) is 0 Å². The predicted molar refractivity (Wildman–Crippen MR) is 84.4 cm³/mol. The number of carbonyl (C=O) groups is 1. The Morgan fingerprint density at radius 2 is 2.40 bits per heavy atom. The van der Waals surface area contributed by atoms with Gasteiger partial charge in [0.2, 0.25) is 0 Å². The van der Waals surface area contributed by atoms with Crippen molar-refractivity contribution in [2.24, 2.45) is 5.92 Å². The number of rotatable bonds is 5. The van der Waals surface area contributed by atoms with Crippen molar-refractivity contribution in [2.45, 2.75) is 19.3 Å². The summed E-state index contributed by atoms with van der Waals surface area (Å²) in [6.07, 6.45) is 1.12. The van der Waals surface area contributed by atoms with E-state index in [1.165, 1.54) is 4.88 Å². The van der Waals surface area contributed by atoms with Crippen LogP contribution in [0.4, 0.5) is 4.79 Å². The Labute approximate surface area is 125 Å². The van der Waals surface area contributed by atoms with Gasteiger partial charge in [0.1, 0.15) is 0 Å². The van der Waals surface area contributed by atoms with Crippen molar-refractivity contribution in [1.82, 2.24) is 15.1 Å². The van der Waals surface area contributed by atoms with Crippen LogP contribution in [0.5, 0.6) is 0 Å². The zero-order valence-electron chi connectivity index (χ0n) is 12.6. The van der Waals surface area contributed by atoms with Gasteiger partial charge < -0.3 is 15.1 Å². The summed E-state index contributed by atoms with van der Waals surface area (Å²) in [7, 11) is 4.18. The highest BCUT2D eigenvalue weighted by atomic mass is 32.1. The third kappa shape index (κ3) is 4.21.